The highest BCUT2D eigenvalue weighted by Crippen LogP contribution is 2.42. The lowest BCUT2D eigenvalue weighted by atomic mass is 10.5. The van der Waals surface area contributed by atoms with Crippen molar-refractivity contribution in [2.75, 3.05) is 0 Å². The molecule has 3 heteroatoms. The molecule has 1 radical (unpaired) electrons. The SMILES string of the molecule is FC(F)[C]1CC1Cl. The summed E-state index contributed by atoms with van der Waals surface area (Å²) in [6, 6.07) is 0. The number of alkyl halides is 3. The van der Waals surface area contributed by atoms with E-state index >= 15 is 0 Å². The molecule has 1 rings (SSSR count). The molecule has 0 heterocycles. The molecule has 0 nitrogen and oxygen atoms in total. The summed E-state index contributed by atoms with van der Waals surface area (Å²) < 4.78 is 22.7. The largest absolute Gasteiger partial charge is 0.246 e. The van der Waals surface area contributed by atoms with Gasteiger partial charge in [0.2, 0.25) is 6.43 Å². The summed E-state index contributed by atoms with van der Waals surface area (Å²) in [5.74, 6) is 0.196. The van der Waals surface area contributed by atoms with Gasteiger partial charge in [0.15, 0.2) is 0 Å². The van der Waals surface area contributed by atoms with Crippen LogP contribution in [0.5, 0.6) is 0 Å². The maximum atomic E-state index is 11.3. The highest BCUT2D eigenvalue weighted by Gasteiger charge is 2.43. The van der Waals surface area contributed by atoms with E-state index in [-0.39, 0.29) is 11.3 Å². The van der Waals surface area contributed by atoms with Gasteiger partial charge in [-0.05, 0) is 6.42 Å². The molecule has 0 aromatic carbocycles. The van der Waals surface area contributed by atoms with Crippen LogP contribution in [0.2, 0.25) is 0 Å². The van der Waals surface area contributed by atoms with E-state index in [0.29, 0.717) is 6.42 Å². The van der Waals surface area contributed by atoms with Gasteiger partial charge < -0.3 is 0 Å². The van der Waals surface area contributed by atoms with Crippen LogP contribution < -0.4 is 0 Å². The second-order valence-corrected chi connectivity index (χ2v) is 2.07. The number of hydrogen-bond acceptors (Lipinski definition) is 0. The van der Waals surface area contributed by atoms with Crippen molar-refractivity contribution in [3.05, 3.63) is 5.92 Å². The Morgan fingerprint density at radius 2 is 2.14 bits per heavy atom. The Labute approximate surface area is 45.5 Å². The van der Waals surface area contributed by atoms with Crippen LogP contribution in [0, 0.1) is 5.92 Å². The van der Waals surface area contributed by atoms with Gasteiger partial charge in [0.05, 0.1) is 5.92 Å². The first-order valence-corrected chi connectivity index (χ1v) is 2.43. The van der Waals surface area contributed by atoms with E-state index in [1.54, 1.807) is 0 Å². The van der Waals surface area contributed by atoms with Crippen LogP contribution >= 0.6 is 11.6 Å². The van der Waals surface area contributed by atoms with E-state index in [0.717, 1.165) is 0 Å². The van der Waals surface area contributed by atoms with E-state index in [1.807, 2.05) is 0 Å². The monoisotopic (exact) mass is 125 g/mol. The maximum Gasteiger partial charge on any atom is 0.246 e. The molecule has 0 aliphatic heterocycles. The van der Waals surface area contributed by atoms with E-state index in [4.69, 9.17) is 11.6 Å². The Kier molecular flexibility index (Phi) is 1.20. The first-order chi connectivity index (χ1) is 3.22. The minimum Gasteiger partial charge on any atom is -0.210 e. The van der Waals surface area contributed by atoms with E-state index in [2.05, 4.69) is 0 Å². The van der Waals surface area contributed by atoms with Crippen LogP contribution in [0.3, 0.4) is 0 Å². The van der Waals surface area contributed by atoms with Gasteiger partial charge in [-0.3, -0.25) is 0 Å². The lowest BCUT2D eigenvalue weighted by Crippen LogP contribution is -1.91. The minimum atomic E-state index is -2.28. The predicted octanol–water partition coefficient (Wildman–Crippen LogP) is 1.84. The van der Waals surface area contributed by atoms with Crippen LogP contribution in [-0.4, -0.2) is 11.8 Å². The van der Waals surface area contributed by atoms with Gasteiger partial charge in [0.1, 0.15) is 0 Å². The Morgan fingerprint density at radius 3 is 2.14 bits per heavy atom. The third kappa shape index (κ3) is 1.03. The van der Waals surface area contributed by atoms with Gasteiger partial charge in [-0.25, -0.2) is 8.78 Å². The molecule has 0 aromatic rings. The van der Waals surface area contributed by atoms with Crippen LogP contribution in [0.1, 0.15) is 6.42 Å². The Bertz CT molecular complexity index is 74.1. The fraction of sp³-hybridized carbons (Fsp3) is 0.750. The van der Waals surface area contributed by atoms with Crippen LogP contribution in [0.15, 0.2) is 0 Å². The molecule has 1 aliphatic carbocycles. The summed E-state index contributed by atoms with van der Waals surface area (Å²) in [4.78, 5) is 0. The molecule has 1 atom stereocenters. The van der Waals surface area contributed by atoms with Crippen LogP contribution in [0.25, 0.3) is 0 Å². The Balaban J connectivity index is 2.20. The average Bonchev–Trinajstić information content (AvgIpc) is 2.17. The molecule has 0 spiro atoms. The quantitative estimate of drug-likeness (QED) is 0.469. The van der Waals surface area contributed by atoms with E-state index in [1.165, 1.54) is 0 Å². The predicted molar refractivity (Wildman–Crippen MR) is 23.5 cm³/mol. The Morgan fingerprint density at radius 1 is 1.71 bits per heavy atom. The van der Waals surface area contributed by atoms with Crippen molar-refractivity contribution in [1.82, 2.24) is 0 Å². The third-order valence-corrected chi connectivity index (χ3v) is 1.37. The molecule has 0 amide bonds. The van der Waals surface area contributed by atoms with Crippen molar-refractivity contribution in [2.45, 2.75) is 18.2 Å². The summed E-state index contributed by atoms with van der Waals surface area (Å²) in [5, 5.41) is -0.319. The van der Waals surface area contributed by atoms with E-state index in [9.17, 15) is 8.78 Å². The molecule has 0 N–H and O–H groups in total. The molecule has 7 heavy (non-hydrogen) atoms. The van der Waals surface area contributed by atoms with Gasteiger partial charge >= 0.3 is 0 Å². The summed E-state index contributed by atoms with van der Waals surface area (Å²) in [6.07, 6.45) is -1.86. The molecule has 1 aliphatic rings. The molecule has 1 saturated carbocycles. The third-order valence-electron chi connectivity index (χ3n) is 0.937. The van der Waals surface area contributed by atoms with Crippen molar-refractivity contribution in [3.8, 4) is 0 Å². The number of hydrogen-bond donors (Lipinski definition) is 0. The van der Waals surface area contributed by atoms with Crippen LogP contribution in [-0.2, 0) is 0 Å². The number of halogens is 3. The molecule has 41 valence electrons. The highest BCUT2D eigenvalue weighted by molar-refractivity contribution is 6.24. The summed E-state index contributed by atoms with van der Waals surface area (Å²) in [6.45, 7) is 0. The van der Waals surface area contributed by atoms with Crippen molar-refractivity contribution < 1.29 is 8.78 Å². The molecule has 0 aromatic heterocycles. The standard InChI is InChI=1S/C4H4ClF2/c5-3-1-2(3)4(6)7/h3-4H,1H2. The van der Waals surface area contributed by atoms with Gasteiger partial charge in [-0.15, -0.1) is 11.6 Å². The lowest BCUT2D eigenvalue weighted by molar-refractivity contribution is 0.178. The smallest absolute Gasteiger partial charge is 0.210 e. The lowest BCUT2D eigenvalue weighted by Gasteiger charge is -1.86. The molecular weight excluding hydrogens is 121 g/mol. The van der Waals surface area contributed by atoms with E-state index < -0.39 is 6.43 Å². The zero-order valence-corrected chi connectivity index (χ0v) is 4.25. The fourth-order valence-corrected chi connectivity index (χ4v) is 0.647. The highest BCUT2D eigenvalue weighted by atomic mass is 35.5. The van der Waals surface area contributed by atoms with Crippen molar-refractivity contribution >= 4 is 11.6 Å². The fourth-order valence-electron chi connectivity index (χ4n) is 0.374. The summed E-state index contributed by atoms with van der Waals surface area (Å²) in [7, 11) is 0. The second-order valence-electron chi connectivity index (χ2n) is 1.55. The minimum absolute atomic E-state index is 0.196. The summed E-state index contributed by atoms with van der Waals surface area (Å²) >= 11 is 5.23. The van der Waals surface area contributed by atoms with Crippen molar-refractivity contribution in [1.29, 1.82) is 0 Å². The second kappa shape index (κ2) is 1.58. The number of rotatable bonds is 1. The molecule has 0 bridgehead atoms. The maximum absolute atomic E-state index is 11.3. The average molecular weight is 126 g/mol. The zero-order valence-electron chi connectivity index (χ0n) is 3.50. The topological polar surface area (TPSA) is 0 Å². The summed E-state index contributed by atoms with van der Waals surface area (Å²) in [5.41, 5.74) is 0. The first-order valence-electron chi connectivity index (χ1n) is 1.99. The van der Waals surface area contributed by atoms with Crippen molar-refractivity contribution in [2.24, 2.45) is 0 Å². The molecule has 0 saturated heterocycles. The molecular formula is C4H4ClF2. The van der Waals surface area contributed by atoms with Crippen LogP contribution in [0.4, 0.5) is 8.78 Å². The normalized spacial score (nSPS) is 31.7. The molecule has 1 fully saturated rings. The molecule has 1 unspecified atom stereocenters. The van der Waals surface area contributed by atoms with Gasteiger partial charge in [-0.2, -0.15) is 0 Å². The zero-order chi connectivity index (χ0) is 5.44. The first kappa shape index (κ1) is 5.29. The van der Waals surface area contributed by atoms with Gasteiger partial charge in [0, 0.05) is 5.38 Å². The van der Waals surface area contributed by atoms with Gasteiger partial charge in [0.25, 0.3) is 0 Å². The Hall–Kier alpha value is 0.150. The van der Waals surface area contributed by atoms with Crippen molar-refractivity contribution in [3.63, 3.8) is 0 Å². The van der Waals surface area contributed by atoms with Gasteiger partial charge in [-0.1, -0.05) is 0 Å².